The summed E-state index contributed by atoms with van der Waals surface area (Å²) in [5.74, 6) is 0.791. The van der Waals surface area contributed by atoms with E-state index in [2.05, 4.69) is 35.6 Å². The van der Waals surface area contributed by atoms with E-state index in [9.17, 15) is 9.90 Å². The molecule has 0 saturated heterocycles. The van der Waals surface area contributed by atoms with Gasteiger partial charge in [0.15, 0.2) is 0 Å². The first-order valence-electron chi connectivity index (χ1n) is 13.4. The number of anilines is 2. The molecule has 2 N–H and O–H groups in total. The fourth-order valence-electron chi connectivity index (χ4n) is 4.52. The highest BCUT2D eigenvalue weighted by Gasteiger charge is 2.36. The fourth-order valence-corrected chi connectivity index (χ4v) is 6.11. The number of carbonyl (C=O) groups excluding carboxylic acids is 1. The summed E-state index contributed by atoms with van der Waals surface area (Å²) in [6, 6.07) is 11.8. The number of thioether (sulfide) groups is 1. The lowest BCUT2D eigenvalue weighted by atomic mass is 9.87. The summed E-state index contributed by atoms with van der Waals surface area (Å²) in [4.78, 5) is 16.5. The first-order valence-corrected chi connectivity index (χ1v) is 15.4. The van der Waals surface area contributed by atoms with Gasteiger partial charge in [-0.15, -0.1) is 11.8 Å². The second-order valence-electron chi connectivity index (χ2n) is 9.90. The van der Waals surface area contributed by atoms with Crippen molar-refractivity contribution in [3.05, 3.63) is 36.4 Å². The third kappa shape index (κ3) is 8.23. The van der Waals surface area contributed by atoms with Gasteiger partial charge in [0, 0.05) is 17.8 Å². The van der Waals surface area contributed by atoms with E-state index in [-0.39, 0.29) is 36.4 Å². The average molecular weight is 547 g/mol. The summed E-state index contributed by atoms with van der Waals surface area (Å²) < 4.78 is 15.2. The minimum absolute atomic E-state index is 0.0469. The highest BCUT2D eigenvalue weighted by Crippen LogP contribution is 2.46. The predicted molar refractivity (Wildman–Crippen MR) is 155 cm³/mol. The Kier molecular flexibility index (Phi) is 11.3. The number of nitrogens with one attached hydrogen (secondary N) is 1. The molecule has 0 bridgehead atoms. The zero-order valence-corrected chi connectivity index (χ0v) is 24.5. The molecule has 0 amide bonds. The summed E-state index contributed by atoms with van der Waals surface area (Å²) in [5.41, 5.74) is 2.13. The summed E-state index contributed by atoms with van der Waals surface area (Å²) in [6.45, 7) is 9.30. The van der Waals surface area contributed by atoms with Crippen molar-refractivity contribution in [3.63, 3.8) is 0 Å². The van der Waals surface area contributed by atoms with Gasteiger partial charge in [0.1, 0.15) is 11.5 Å². The largest absolute Gasteiger partial charge is 0.508 e. The Morgan fingerprint density at radius 1 is 1.16 bits per heavy atom. The number of carbonyl (C=O) groups is 1. The van der Waals surface area contributed by atoms with E-state index < -0.39 is 0 Å². The van der Waals surface area contributed by atoms with Crippen molar-refractivity contribution in [1.29, 1.82) is 0 Å². The van der Waals surface area contributed by atoms with Gasteiger partial charge >= 0.3 is 5.97 Å². The zero-order chi connectivity index (χ0) is 26.8. The molecule has 0 fully saturated rings. The van der Waals surface area contributed by atoms with Crippen LogP contribution in [0.1, 0.15) is 72.6 Å². The van der Waals surface area contributed by atoms with Crippen LogP contribution in [0.3, 0.4) is 0 Å². The number of aromatic hydroxyl groups is 1. The minimum Gasteiger partial charge on any atom is -0.508 e. The summed E-state index contributed by atoms with van der Waals surface area (Å²) in [7, 11) is 0. The molecule has 2 aromatic carbocycles. The van der Waals surface area contributed by atoms with Crippen molar-refractivity contribution in [2.75, 3.05) is 24.3 Å². The number of rotatable bonds is 13. The highest BCUT2D eigenvalue weighted by molar-refractivity contribution is 7.98. The monoisotopic (exact) mass is 546 g/mol. The summed E-state index contributed by atoms with van der Waals surface area (Å²) >= 11 is 3.31. The third-order valence-electron chi connectivity index (χ3n) is 6.48. The molecule has 1 aliphatic rings. The molecule has 204 valence electrons. The second-order valence-corrected chi connectivity index (χ2v) is 11.6. The quantitative estimate of drug-likeness (QED) is 0.150. The molecule has 1 heterocycles. The molecule has 0 unspecified atom stereocenters. The highest BCUT2D eigenvalue weighted by atomic mass is 32.2. The number of benzene rings is 2. The van der Waals surface area contributed by atoms with E-state index in [0.717, 1.165) is 72.0 Å². The van der Waals surface area contributed by atoms with Gasteiger partial charge in [-0.1, -0.05) is 39.5 Å². The molecule has 2 aromatic rings. The molecule has 6 nitrogen and oxygen atoms in total. The number of fused-ring (bicyclic) bond motifs is 1. The van der Waals surface area contributed by atoms with Gasteiger partial charge in [0.05, 0.1) is 34.6 Å². The van der Waals surface area contributed by atoms with Crippen LogP contribution in [0.15, 0.2) is 46.2 Å². The Hall–Kier alpha value is -2.03. The van der Waals surface area contributed by atoms with Crippen LogP contribution < -0.4 is 14.4 Å². The van der Waals surface area contributed by atoms with E-state index in [1.807, 2.05) is 32.2 Å². The maximum Gasteiger partial charge on any atom is 0.309 e. The van der Waals surface area contributed by atoms with Gasteiger partial charge in [-0.25, -0.2) is 0 Å². The second kappa shape index (κ2) is 14.2. The van der Waals surface area contributed by atoms with Gasteiger partial charge in [-0.3, -0.25) is 9.52 Å². The van der Waals surface area contributed by atoms with Crippen LogP contribution in [0, 0.1) is 0 Å². The number of unbranched alkanes of at least 4 members (excludes halogenated alkanes) is 2. The van der Waals surface area contributed by atoms with Crippen molar-refractivity contribution >= 4 is 41.1 Å². The Morgan fingerprint density at radius 3 is 2.43 bits per heavy atom. The lowest BCUT2D eigenvalue weighted by Crippen LogP contribution is -2.49. The topological polar surface area (TPSA) is 71.0 Å². The van der Waals surface area contributed by atoms with Crippen LogP contribution in [0.5, 0.6) is 11.5 Å². The number of esters is 1. The van der Waals surface area contributed by atoms with Gasteiger partial charge in [0.2, 0.25) is 0 Å². The van der Waals surface area contributed by atoms with Crippen molar-refractivity contribution in [1.82, 2.24) is 4.72 Å². The maximum atomic E-state index is 12.0. The van der Waals surface area contributed by atoms with Crippen LogP contribution >= 0.6 is 23.7 Å². The van der Waals surface area contributed by atoms with E-state index in [4.69, 9.17) is 9.47 Å². The van der Waals surface area contributed by atoms with E-state index in [1.54, 1.807) is 35.8 Å². The fraction of sp³-hybridized carbons (Fsp3) is 0.552. The molecule has 1 aliphatic heterocycles. The van der Waals surface area contributed by atoms with Crippen molar-refractivity contribution in [3.8, 4) is 11.5 Å². The normalized spacial score (nSPS) is 14.8. The SMILES string of the molecule is CCCCC1(CCCC)CN(c2ccc(O)cc2)c2cc(SC)c(OCCC(=O)OC(C)C)cc2SN1. The molecule has 0 spiro atoms. The molecule has 0 saturated carbocycles. The molecule has 3 rings (SSSR count). The first kappa shape index (κ1) is 29.5. The van der Waals surface area contributed by atoms with Crippen LogP contribution in [0.2, 0.25) is 0 Å². The number of phenols is 1. The Labute approximate surface area is 231 Å². The number of hydrogen-bond donors (Lipinski definition) is 2. The summed E-state index contributed by atoms with van der Waals surface area (Å²) in [5, 5.41) is 9.94. The number of nitrogens with zero attached hydrogens (tertiary/aromatic N) is 1. The van der Waals surface area contributed by atoms with Gasteiger partial charge < -0.3 is 19.5 Å². The molecule has 0 aliphatic carbocycles. The standard InChI is InChI=1S/C29H42N2O4S2/c1-6-8-15-29(16-9-7-2)20-31(22-10-12-23(32)13-11-22)24-18-27(36-5)25(19-26(24)37-30-29)34-17-14-28(33)35-21(3)4/h10-13,18-19,21,30,32H,6-9,14-17,20H2,1-5H3. The Balaban J connectivity index is 1.97. The van der Waals surface area contributed by atoms with Crippen molar-refractivity contribution in [2.45, 2.75) is 94.1 Å². The van der Waals surface area contributed by atoms with Crippen LogP contribution in [0.4, 0.5) is 11.4 Å². The third-order valence-corrected chi connectivity index (χ3v) is 8.33. The number of hydrogen-bond acceptors (Lipinski definition) is 8. The molecular formula is C29H42N2O4S2. The Morgan fingerprint density at radius 2 is 1.84 bits per heavy atom. The smallest absolute Gasteiger partial charge is 0.309 e. The minimum atomic E-state index is -0.248. The average Bonchev–Trinajstić information content (AvgIpc) is 3.03. The van der Waals surface area contributed by atoms with Crippen LogP contribution in [0.25, 0.3) is 0 Å². The molecular weight excluding hydrogens is 504 g/mol. The van der Waals surface area contributed by atoms with Gasteiger partial charge in [-0.05, 0) is 81.3 Å². The van der Waals surface area contributed by atoms with Crippen molar-refractivity contribution < 1.29 is 19.4 Å². The van der Waals surface area contributed by atoms with Crippen LogP contribution in [-0.4, -0.2) is 42.1 Å². The van der Waals surface area contributed by atoms with E-state index >= 15 is 0 Å². The molecule has 0 aromatic heterocycles. The molecule has 8 heteroatoms. The van der Waals surface area contributed by atoms with E-state index in [1.165, 1.54) is 0 Å². The van der Waals surface area contributed by atoms with Gasteiger partial charge in [0.25, 0.3) is 0 Å². The van der Waals surface area contributed by atoms with Crippen molar-refractivity contribution in [2.24, 2.45) is 0 Å². The van der Waals surface area contributed by atoms with E-state index in [0.29, 0.717) is 0 Å². The molecule has 0 radical (unpaired) electrons. The lowest BCUT2D eigenvalue weighted by Gasteiger charge is -2.38. The molecule has 37 heavy (non-hydrogen) atoms. The predicted octanol–water partition coefficient (Wildman–Crippen LogP) is 7.70. The lowest BCUT2D eigenvalue weighted by molar-refractivity contribution is -0.147. The zero-order valence-electron chi connectivity index (χ0n) is 22.8. The Bertz CT molecular complexity index is 1010. The first-order chi connectivity index (χ1) is 17.8. The number of phenolic OH excluding ortho intramolecular Hbond substituents is 1. The van der Waals surface area contributed by atoms with Crippen LogP contribution in [-0.2, 0) is 9.53 Å². The molecule has 0 atom stereocenters. The summed E-state index contributed by atoms with van der Waals surface area (Å²) in [6.07, 6.45) is 8.94. The maximum absolute atomic E-state index is 12.0. The van der Waals surface area contributed by atoms with Gasteiger partial charge in [-0.2, -0.15) is 0 Å². The number of ether oxygens (including phenoxy) is 2.